The van der Waals surface area contributed by atoms with Crippen LogP contribution in [0, 0.1) is 6.92 Å². The molecule has 0 aliphatic carbocycles. The predicted molar refractivity (Wildman–Crippen MR) is 59.2 cm³/mol. The van der Waals surface area contributed by atoms with Gasteiger partial charge >= 0.3 is 0 Å². The Morgan fingerprint density at radius 1 is 1.60 bits per heavy atom. The molecule has 82 valence electrons. The fourth-order valence-corrected chi connectivity index (χ4v) is 1.90. The van der Waals surface area contributed by atoms with Crippen LogP contribution >= 0.6 is 11.6 Å². The normalized spacial score (nSPS) is 18.8. The first-order valence-electron chi connectivity index (χ1n) is 5.00. The summed E-state index contributed by atoms with van der Waals surface area (Å²) in [6, 6.07) is 0. The molecule has 1 aromatic heterocycles. The van der Waals surface area contributed by atoms with Crippen LogP contribution in [0.1, 0.15) is 18.9 Å². The fraction of sp³-hybridized carbons (Fsp3) is 0.600. The summed E-state index contributed by atoms with van der Waals surface area (Å²) >= 11 is 5.74. The smallest absolute Gasteiger partial charge is 0.224 e. The van der Waals surface area contributed by atoms with Crippen molar-refractivity contribution in [1.82, 2.24) is 9.97 Å². The molecular formula is C10H14ClN3O. The van der Waals surface area contributed by atoms with Gasteiger partial charge in [0.15, 0.2) is 0 Å². The number of nitrogens with zero attached hydrogens (tertiary/aromatic N) is 3. The molecule has 1 N–H and O–H groups in total. The SMILES string of the molecule is CCC1(O)CN(c2nc(Cl)ncc2C)C1. The van der Waals surface area contributed by atoms with Crippen molar-refractivity contribution in [1.29, 1.82) is 0 Å². The van der Waals surface area contributed by atoms with Crippen molar-refractivity contribution in [2.24, 2.45) is 0 Å². The maximum atomic E-state index is 9.89. The van der Waals surface area contributed by atoms with Crippen molar-refractivity contribution in [2.45, 2.75) is 25.9 Å². The molecule has 0 radical (unpaired) electrons. The van der Waals surface area contributed by atoms with Crippen LogP contribution in [-0.2, 0) is 0 Å². The van der Waals surface area contributed by atoms with Crippen molar-refractivity contribution in [3.8, 4) is 0 Å². The summed E-state index contributed by atoms with van der Waals surface area (Å²) in [5.74, 6) is 0.827. The summed E-state index contributed by atoms with van der Waals surface area (Å²) in [6.45, 7) is 5.17. The Hall–Kier alpha value is -0.870. The molecule has 1 aliphatic heterocycles. The van der Waals surface area contributed by atoms with Gasteiger partial charge in [0, 0.05) is 24.8 Å². The lowest BCUT2D eigenvalue weighted by molar-refractivity contribution is 0.00799. The second-order valence-corrected chi connectivity index (χ2v) is 4.42. The molecule has 0 spiro atoms. The van der Waals surface area contributed by atoms with Crippen molar-refractivity contribution < 1.29 is 5.11 Å². The number of hydrogen-bond donors (Lipinski definition) is 1. The van der Waals surface area contributed by atoms with Gasteiger partial charge in [0.2, 0.25) is 5.28 Å². The van der Waals surface area contributed by atoms with Gasteiger partial charge in [-0.3, -0.25) is 0 Å². The lowest BCUT2D eigenvalue weighted by atomic mass is 9.91. The third kappa shape index (κ3) is 1.92. The van der Waals surface area contributed by atoms with Crippen LogP contribution in [0.5, 0.6) is 0 Å². The van der Waals surface area contributed by atoms with Crippen LogP contribution in [0.2, 0.25) is 5.28 Å². The van der Waals surface area contributed by atoms with Crippen molar-refractivity contribution in [2.75, 3.05) is 18.0 Å². The number of rotatable bonds is 2. The lowest BCUT2D eigenvalue weighted by Gasteiger charge is -2.47. The zero-order chi connectivity index (χ0) is 11.1. The molecule has 0 amide bonds. The zero-order valence-electron chi connectivity index (χ0n) is 8.87. The van der Waals surface area contributed by atoms with Gasteiger partial charge in [-0.1, -0.05) is 6.92 Å². The fourth-order valence-electron chi connectivity index (χ4n) is 1.77. The molecule has 0 atom stereocenters. The molecule has 1 aliphatic rings. The minimum atomic E-state index is -0.552. The highest BCUT2D eigenvalue weighted by Crippen LogP contribution is 2.30. The standard InChI is InChI=1S/C10H14ClN3O/c1-3-10(15)5-14(6-10)8-7(2)4-12-9(11)13-8/h4,15H,3,5-6H2,1-2H3. The van der Waals surface area contributed by atoms with Gasteiger partial charge in [0.25, 0.3) is 0 Å². The van der Waals surface area contributed by atoms with Gasteiger partial charge in [0.05, 0.1) is 5.60 Å². The first kappa shape index (κ1) is 10.6. The number of aromatic nitrogens is 2. The summed E-state index contributed by atoms with van der Waals surface area (Å²) in [7, 11) is 0. The number of halogens is 1. The van der Waals surface area contributed by atoms with E-state index in [1.54, 1.807) is 6.20 Å². The Morgan fingerprint density at radius 3 is 2.87 bits per heavy atom. The van der Waals surface area contributed by atoms with E-state index in [0.717, 1.165) is 17.8 Å². The van der Waals surface area contributed by atoms with Gasteiger partial charge in [0.1, 0.15) is 5.82 Å². The Labute approximate surface area is 93.9 Å². The summed E-state index contributed by atoms with van der Waals surface area (Å²) in [5, 5.41) is 10.1. The first-order valence-corrected chi connectivity index (χ1v) is 5.38. The van der Waals surface area contributed by atoms with E-state index in [-0.39, 0.29) is 5.28 Å². The minimum absolute atomic E-state index is 0.252. The maximum absolute atomic E-state index is 9.89. The molecule has 15 heavy (non-hydrogen) atoms. The van der Waals surface area contributed by atoms with Gasteiger partial charge in [-0.05, 0) is 24.9 Å². The molecular weight excluding hydrogens is 214 g/mol. The van der Waals surface area contributed by atoms with Crippen molar-refractivity contribution >= 4 is 17.4 Å². The second-order valence-electron chi connectivity index (χ2n) is 4.08. The number of hydrogen-bond acceptors (Lipinski definition) is 4. The van der Waals surface area contributed by atoms with E-state index in [1.165, 1.54) is 0 Å². The van der Waals surface area contributed by atoms with Gasteiger partial charge < -0.3 is 10.0 Å². The Kier molecular flexibility index (Phi) is 2.56. The molecule has 1 aromatic rings. The van der Waals surface area contributed by atoms with E-state index in [4.69, 9.17) is 11.6 Å². The van der Waals surface area contributed by atoms with E-state index in [0.29, 0.717) is 13.1 Å². The zero-order valence-corrected chi connectivity index (χ0v) is 9.62. The van der Waals surface area contributed by atoms with Crippen LogP contribution in [0.15, 0.2) is 6.20 Å². The average molecular weight is 228 g/mol. The maximum Gasteiger partial charge on any atom is 0.224 e. The number of anilines is 1. The van der Waals surface area contributed by atoms with E-state index in [1.807, 2.05) is 18.7 Å². The van der Waals surface area contributed by atoms with Gasteiger partial charge in [-0.2, -0.15) is 0 Å². The predicted octanol–water partition coefficient (Wildman–Crippen LogP) is 1.40. The monoisotopic (exact) mass is 227 g/mol. The third-order valence-corrected chi connectivity index (χ3v) is 3.03. The molecule has 0 aromatic carbocycles. The Morgan fingerprint density at radius 2 is 2.27 bits per heavy atom. The second kappa shape index (κ2) is 3.61. The quantitative estimate of drug-likeness (QED) is 0.776. The molecule has 0 saturated carbocycles. The molecule has 0 bridgehead atoms. The molecule has 1 fully saturated rings. The summed E-state index contributed by atoms with van der Waals surface area (Å²) < 4.78 is 0. The molecule has 2 rings (SSSR count). The van der Waals surface area contributed by atoms with Crippen LogP contribution in [0.25, 0.3) is 0 Å². The Bertz CT molecular complexity index is 377. The summed E-state index contributed by atoms with van der Waals surface area (Å²) in [6.07, 6.45) is 2.47. The first-order chi connectivity index (χ1) is 7.04. The lowest BCUT2D eigenvalue weighted by Crippen LogP contribution is -2.62. The highest BCUT2D eigenvalue weighted by molar-refractivity contribution is 6.28. The minimum Gasteiger partial charge on any atom is -0.386 e. The van der Waals surface area contributed by atoms with Gasteiger partial charge in [-0.15, -0.1) is 0 Å². The molecule has 4 nitrogen and oxygen atoms in total. The highest BCUT2D eigenvalue weighted by Gasteiger charge is 2.40. The average Bonchev–Trinajstić information content (AvgIpc) is 2.17. The van der Waals surface area contributed by atoms with E-state index < -0.39 is 5.60 Å². The molecule has 2 heterocycles. The van der Waals surface area contributed by atoms with Crippen molar-refractivity contribution in [3.05, 3.63) is 17.0 Å². The molecule has 0 unspecified atom stereocenters. The largest absolute Gasteiger partial charge is 0.386 e. The summed E-state index contributed by atoms with van der Waals surface area (Å²) in [5.41, 5.74) is 0.432. The number of β-amino-alcohol motifs (C(OH)–C–C–N with tert-alkyl or cyclic N) is 1. The summed E-state index contributed by atoms with van der Waals surface area (Å²) in [4.78, 5) is 10.1. The Balaban J connectivity index is 2.16. The number of aryl methyl sites for hydroxylation is 1. The van der Waals surface area contributed by atoms with Crippen LogP contribution in [0.4, 0.5) is 5.82 Å². The topological polar surface area (TPSA) is 49.2 Å². The van der Waals surface area contributed by atoms with Crippen molar-refractivity contribution in [3.63, 3.8) is 0 Å². The van der Waals surface area contributed by atoms with Crippen LogP contribution in [0.3, 0.4) is 0 Å². The highest BCUT2D eigenvalue weighted by atomic mass is 35.5. The van der Waals surface area contributed by atoms with E-state index in [2.05, 4.69) is 9.97 Å². The van der Waals surface area contributed by atoms with Crippen LogP contribution in [-0.4, -0.2) is 33.8 Å². The van der Waals surface area contributed by atoms with Crippen LogP contribution < -0.4 is 4.90 Å². The number of aliphatic hydroxyl groups is 1. The molecule has 1 saturated heterocycles. The van der Waals surface area contributed by atoms with Gasteiger partial charge in [-0.25, -0.2) is 9.97 Å². The van der Waals surface area contributed by atoms with E-state index >= 15 is 0 Å². The van der Waals surface area contributed by atoms with E-state index in [9.17, 15) is 5.11 Å². The molecule has 5 heteroatoms. The third-order valence-electron chi connectivity index (χ3n) is 2.84.